The Bertz CT molecular complexity index is 620. The normalized spacial score (nSPS) is 10.8. The van der Waals surface area contributed by atoms with Crippen LogP contribution in [-0.4, -0.2) is 32.6 Å². The molecule has 0 saturated heterocycles. The molecular formula is C13H12F2N2O3. The van der Waals surface area contributed by atoms with Crippen LogP contribution in [0.4, 0.5) is 8.78 Å². The van der Waals surface area contributed by atoms with E-state index >= 15 is 0 Å². The Morgan fingerprint density at radius 2 is 1.90 bits per heavy atom. The molecule has 0 radical (unpaired) electrons. The number of aliphatic hydroxyl groups is 1. The van der Waals surface area contributed by atoms with E-state index in [2.05, 4.69) is 5.10 Å². The predicted molar refractivity (Wildman–Crippen MR) is 65.8 cm³/mol. The molecular weight excluding hydrogens is 270 g/mol. The minimum absolute atomic E-state index is 0.0845. The molecule has 0 atom stereocenters. The van der Waals surface area contributed by atoms with E-state index in [9.17, 15) is 13.6 Å². The van der Waals surface area contributed by atoms with Crippen LogP contribution in [0.3, 0.4) is 0 Å². The van der Waals surface area contributed by atoms with Gasteiger partial charge < -0.3 is 10.2 Å². The number of nitrogens with zero attached hydrogens (tertiary/aromatic N) is 2. The quantitative estimate of drug-likeness (QED) is 0.876. The summed E-state index contributed by atoms with van der Waals surface area (Å²) in [5.41, 5.74) is 0.305. The van der Waals surface area contributed by atoms with Crippen LogP contribution in [-0.2, 0) is 6.42 Å². The molecule has 0 bridgehead atoms. The number of carboxylic acid groups (broad SMARTS) is 1. The molecule has 2 rings (SSSR count). The molecule has 2 N–H and O–H groups in total. The molecule has 0 aliphatic rings. The number of aryl methyl sites for hydroxylation is 1. The second kappa shape index (κ2) is 5.79. The van der Waals surface area contributed by atoms with Crippen LogP contribution in [0.2, 0.25) is 0 Å². The van der Waals surface area contributed by atoms with E-state index in [0.29, 0.717) is 18.4 Å². The van der Waals surface area contributed by atoms with Gasteiger partial charge in [-0.15, -0.1) is 0 Å². The number of aromatic nitrogens is 2. The van der Waals surface area contributed by atoms with Crippen molar-refractivity contribution < 1.29 is 23.8 Å². The summed E-state index contributed by atoms with van der Waals surface area (Å²) >= 11 is 0. The van der Waals surface area contributed by atoms with Gasteiger partial charge in [-0.25, -0.2) is 18.3 Å². The lowest BCUT2D eigenvalue weighted by Crippen LogP contribution is -2.03. The molecule has 0 fully saturated rings. The van der Waals surface area contributed by atoms with E-state index in [1.54, 1.807) is 0 Å². The second-order valence-electron chi connectivity index (χ2n) is 4.21. The van der Waals surface area contributed by atoms with Crippen molar-refractivity contribution in [1.29, 1.82) is 0 Å². The van der Waals surface area contributed by atoms with Crippen molar-refractivity contribution in [3.05, 3.63) is 47.3 Å². The van der Waals surface area contributed by atoms with Gasteiger partial charge in [-0.1, -0.05) is 0 Å². The largest absolute Gasteiger partial charge is 0.476 e. The summed E-state index contributed by atoms with van der Waals surface area (Å²) in [5, 5.41) is 21.6. The summed E-state index contributed by atoms with van der Waals surface area (Å²) in [6, 6.07) is 2.83. The first kappa shape index (κ1) is 14.1. The highest BCUT2D eigenvalue weighted by atomic mass is 19.1. The molecule has 20 heavy (non-hydrogen) atoms. The van der Waals surface area contributed by atoms with Gasteiger partial charge in [-0.3, -0.25) is 0 Å². The van der Waals surface area contributed by atoms with Gasteiger partial charge in [0.05, 0.1) is 5.69 Å². The molecule has 7 heteroatoms. The monoisotopic (exact) mass is 282 g/mol. The van der Waals surface area contributed by atoms with Crippen molar-refractivity contribution in [1.82, 2.24) is 9.78 Å². The zero-order chi connectivity index (χ0) is 14.7. The topological polar surface area (TPSA) is 75.3 Å². The predicted octanol–water partition coefficient (Wildman–Crippen LogP) is 1.77. The van der Waals surface area contributed by atoms with E-state index in [1.807, 2.05) is 0 Å². The number of aromatic carboxylic acids is 1. The zero-order valence-electron chi connectivity index (χ0n) is 10.4. The van der Waals surface area contributed by atoms with Crippen molar-refractivity contribution in [2.24, 2.45) is 0 Å². The number of hydrogen-bond acceptors (Lipinski definition) is 3. The number of rotatable bonds is 5. The van der Waals surface area contributed by atoms with Crippen molar-refractivity contribution in [3.63, 3.8) is 0 Å². The third-order valence-corrected chi connectivity index (χ3v) is 2.71. The lowest BCUT2D eigenvalue weighted by molar-refractivity contribution is 0.0688. The maximum atomic E-state index is 13.2. The minimum Gasteiger partial charge on any atom is -0.476 e. The lowest BCUT2D eigenvalue weighted by atomic mass is 10.1. The smallest absolute Gasteiger partial charge is 0.356 e. The Balaban J connectivity index is 2.44. The van der Waals surface area contributed by atoms with E-state index in [0.717, 1.165) is 22.9 Å². The average Bonchev–Trinajstić information content (AvgIpc) is 2.79. The first-order valence-corrected chi connectivity index (χ1v) is 5.90. The Labute approximate surface area is 113 Å². The zero-order valence-corrected chi connectivity index (χ0v) is 10.4. The highest BCUT2D eigenvalue weighted by molar-refractivity contribution is 5.87. The Morgan fingerprint density at radius 1 is 1.25 bits per heavy atom. The molecule has 0 unspecified atom stereocenters. The van der Waals surface area contributed by atoms with E-state index in [-0.39, 0.29) is 18.0 Å². The minimum atomic E-state index is -1.23. The van der Waals surface area contributed by atoms with Gasteiger partial charge in [-0.2, -0.15) is 5.10 Å². The maximum absolute atomic E-state index is 13.2. The van der Waals surface area contributed by atoms with Crippen LogP contribution in [0, 0.1) is 11.6 Å². The molecule has 0 saturated carbocycles. The van der Waals surface area contributed by atoms with Crippen molar-refractivity contribution >= 4 is 5.97 Å². The van der Waals surface area contributed by atoms with Crippen LogP contribution < -0.4 is 0 Å². The Morgan fingerprint density at radius 3 is 2.45 bits per heavy atom. The van der Waals surface area contributed by atoms with Crippen molar-refractivity contribution in [2.45, 2.75) is 12.8 Å². The van der Waals surface area contributed by atoms with Crippen molar-refractivity contribution in [2.75, 3.05) is 6.61 Å². The fourth-order valence-corrected chi connectivity index (χ4v) is 1.85. The molecule has 0 spiro atoms. The number of carboxylic acids is 1. The fourth-order valence-electron chi connectivity index (χ4n) is 1.85. The van der Waals surface area contributed by atoms with Crippen LogP contribution in [0.25, 0.3) is 5.69 Å². The molecule has 2 aromatic rings. The third-order valence-electron chi connectivity index (χ3n) is 2.71. The number of carbonyl (C=O) groups is 1. The molecule has 106 valence electrons. The van der Waals surface area contributed by atoms with Crippen LogP contribution in [0.5, 0.6) is 0 Å². The van der Waals surface area contributed by atoms with Gasteiger partial charge in [-0.05, 0) is 25.0 Å². The maximum Gasteiger partial charge on any atom is 0.356 e. The molecule has 0 aliphatic carbocycles. The summed E-state index contributed by atoms with van der Waals surface area (Å²) in [7, 11) is 0. The number of aliphatic hydroxyl groups excluding tert-OH is 1. The molecule has 1 heterocycles. The molecule has 1 aromatic carbocycles. The molecule has 5 nitrogen and oxygen atoms in total. The van der Waals surface area contributed by atoms with Gasteiger partial charge in [0.2, 0.25) is 0 Å². The van der Waals surface area contributed by atoms with Gasteiger partial charge in [0.25, 0.3) is 0 Å². The second-order valence-corrected chi connectivity index (χ2v) is 4.21. The Hall–Kier alpha value is -2.28. The van der Waals surface area contributed by atoms with E-state index < -0.39 is 17.6 Å². The molecule has 0 aliphatic heterocycles. The fraction of sp³-hybridized carbons (Fsp3) is 0.231. The summed E-state index contributed by atoms with van der Waals surface area (Å²) < 4.78 is 27.4. The third kappa shape index (κ3) is 3.00. The van der Waals surface area contributed by atoms with Gasteiger partial charge in [0, 0.05) is 24.4 Å². The van der Waals surface area contributed by atoms with E-state index in [1.165, 1.54) is 6.20 Å². The summed E-state index contributed by atoms with van der Waals surface area (Å²) in [6.45, 7) is -0.0845. The molecule has 1 aromatic heterocycles. The standard InChI is InChI=1S/C13H12F2N2O3/c14-9-4-10(15)6-11(5-9)17-7-8(2-1-3-18)12(16-17)13(19)20/h4-7,18H,1-3H2,(H,19,20). The van der Waals surface area contributed by atoms with Crippen LogP contribution in [0.1, 0.15) is 22.5 Å². The van der Waals surface area contributed by atoms with Gasteiger partial charge in [0.1, 0.15) is 11.6 Å². The van der Waals surface area contributed by atoms with Crippen LogP contribution >= 0.6 is 0 Å². The lowest BCUT2D eigenvalue weighted by Gasteiger charge is -2.01. The highest BCUT2D eigenvalue weighted by Crippen LogP contribution is 2.16. The van der Waals surface area contributed by atoms with Gasteiger partial charge in [0.15, 0.2) is 5.69 Å². The average molecular weight is 282 g/mol. The first-order valence-electron chi connectivity index (χ1n) is 5.90. The summed E-state index contributed by atoms with van der Waals surface area (Å²) in [4.78, 5) is 11.1. The van der Waals surface area contributed by atoms with Crippen molar-refractivity contribution in [3.8, 4) is 5.69 Å². The Kier molecular flexibility index (Phi) is 4.09. The first-order chi connectivity index (χ1) is 9.51. The van der Waals surface area contributed by atoms with E-state index in [4.69, 9.17) is 10.2 Å². The molecule has 0 amide bonds. The number of benzene rings is 1. The SMILES string of the molecule is O=C(O)c1nn(-c2cc(F)cc(F)c2)cc1CCCO. The summed E-state index contributed by atoms with van der Waals surface area (Å²) in [6.07, 6.45) is 2.09. The van der Waals surface area contributed by atoms with Crippen LogP contribution in [0.15, 0.2) is 24.4 Å². The van der Waals surface area contributed by atoms with Gasteiger partial charge >= 0.3 is 5.97 Å². The summed E-state index contributed by atoms with van der Waals surface area (Å²) in [5.74, 6) is -2.78. The number of hydrogen-bond donors (Lipinski definition) is 2. The number of halogens is 2. The highest BCUT2D eigenvalue weighted by Gasteiger charge is 2.16.